The smallest absolute Gasteiger partial charge is 0.233 e. The fraction of sp³-hybridized carbons (Fsp3) is 0.417. The number of amides is 2. The highest BCUT2D eigenvalue weighted by atomic mass is 127. The molecule has 1 saturated carbocycles. The van der Waals surface area contributed by atoms with Crippen molar-refractivity contribution >= 4 is 41.8 Å². The summed E-state index contributed by atoms with van der Waals surface area (Å²) >= 11 is 0. The zero-order chi connectivity index (χ0) is 22.2. The SMILES string of the molecule is CN=C(NCCN1C(=O)C2C3C=CC(C3)C2C1=O)NCc1ncc(-c2ccc(C)cc2)o1.I. The van der Waals surface area contributed by atoms with E-state index < -0.39 is 0 Å². The minimum absolute atomic E-state index is 0. The van der Waals surface area contributed by atoms with Crippen LogP contribution in [0, 0.1) is 30.6 Å². The molecule has 1 aromatic heterocycles. The summed E-state index contributed by atoms with van der Waals surface area (Å²) in [5, 5.41) is 6.32. The van der Waals surface area contributed by atoms with Gasteiger partial charge in [-0.2, -0.15) is 0 Å². The average molecular weight is 561 g/mol. The number of aromatic nitrogens is 1. The summed E-state index contributed by atoms with van der Waals surface area (Å²) in [5.41, 5.74) is 2.17. The largest absolute Gasteiger partial charge is 0.439 e. The number of imide groups is 1. The van der Waals surface area contributed by atoms with E-state index in [9.17, 15) is 9.59 Å². The molecule has 1 aromatic carbocycles. The molecule has 33 heavy (non-hydrogen) atoms. The molecule has 9 heteroatoms. The van der Waals surface area contributed by atoms with Crippen LogP contribution in [0.15, 0.2) is 52.0 Å². The Labute approximate surface area is 209 Å². The van der Waals surface area contributed by atoms with E-state index in [-0.39, 0.29) is 59.5 Å². The maximum absolute atomic E-state index is 12.8. The summed E-state index contributed by atoms with van der Waals surface area (Å²) in [5.74, 6) is 1.94. The van der Waals surface area contributed by atoms with Crippen molar-refractivity contribution in [3.05, 3.63) is 54.1 Å². The van der Waals surface area contributed by atoms with Gasteiger partial charge in [0.25, 0.3) is 0 Å². The second-order valence-electron chi connectivity index (χ2n) is 8.66. The van der Waals surface area contributed by atoms with Crippen LogP contribution in [0.5, 0.6) is 0 Å². The normalized spacial score (nSPS) is 25.4. The first-order valence-corrected chi connectivity index (χ1v) is 11.0. The molecule has 1 aliphatic heterocycles. The molecule has 2 aliphatic carbocycles. The summed E-state index contributed by atoms with van der Waals surface area (Å²) < 4.78 is 5.83. The molecule has 174 valence electrons. The molecule has 2 heterocycles. The van der Waals surface area contributed by atoms with Crippen LogP contribution in [0.4, 0.5) is 0 Å². The third-order valence-corrected chi connectivity index (χ3v) is 6.71. The van der Waals surface area contributed by atoms with Gasteiger partial charge in [-0.1, -0.05) is 42.0 Å². The number of carbonyl (C=O) groups is 2. The van der Waals surface area contributed by atoms with E-state index in [1.54, 1.807) is 13.2 Å². The van der Waals surface area contributed by atoms with E-state index in [4.69, 9.17) is 4.42 Å². The molecule has 2 N–H and O–H groups in total. The first kappa shape index (κ1) is 23.5. The topological polar surface area (TPSA) is 99.8 Å². The highest BCUT2D eigenvalue weighted by Crippen LogP contribution is 2.52. The van der Waals surface area contributed by atoms with Gasteiger partial charge >= 0.3 is 0 Å². The molecule has 2 bridgehead atoms. The van der Waals surface area contributed by atoms with E-state index >= 15 is 0 Å². The van der Waals surface area contributed by atoms with Crippen LogP contribution in [-0.2, 0) is 16.1 Å². The number of nitrogens with zero attached hydrogens (tertiary/aromatic N) is 3. The third kappa shape index (κ3) is 4.42. The number of hydrogen-bond acceptors (Lipinski definition) is 5. The Morgan fingerprint density at radius 2 is 1.79 bits per heavy atom. The van der Waals surface area contributed by atoms with Crippen LogP contribution in [0.25, 0.3) is 11.3 Å². The predicted octanol–water partition coefficient (Wildman–Crippen LogP) is 2.74. The van der Waals surface area contributed by atoms with Gasteiger partial charge in [0.1, 0.15) is 0 Å². The average Bonchev–Trinajstić information content (AvgIpc) is 3.57. The summed E-state index contributed by atoms with van der Waals surface area (Å²) in [4.78, 5) is 35.5. The number of nitrogens with one attached hydrogen (secondary N) is 2. The fourth-order valence-electron chi connectivity index (χ4n) is 5.09. The standard InChI is InChI=1S/C24H27N5O3.HI/c1-14-3-5-15(6-4-14)18-12-27-19(32-18)13-28-24(25-2)26-9-10-29-22(30)20-16-7-8-17(11-16)21(20)23(29)31;/h3-8,12,16-17,20-21H,9-11,13H2,1-2H3,(H2,25,26,28);1H. The van der Waals surface area contributed by atoms with Crippen molar-refractivity contribution in [3.8, 4) is 11.3 Å². The summed E-state index contributed by atoms with van der Waals surface area (Å²) in [6.45, 7) is 3.17. The van der Waals surface area contributed by atoms with E-state index in [0.29, 0.717) is 37.2 Å². The van der Waals surface area contributed by atoms with Crippen LogP contribution in [0.3, 0.4) is 0 Å². The van der Waals surface area contributed by atoms with E-state index in [1.165, 1.54) is 10.5 Å². The molecule has 8 nitrogen and oxygen atoms in total. The number of aliphatic imine (C=N–C) groups is 1. The van der Waals surface area contributed by atoms with Crippen molar-refractivity contribution < 1.29 is 14.0 Å². The van der Waals surface area contributed by atoms with Crippen molar-refractivity contribution in [2.24, 2.45) is 28.7 Å². The van der Waals surface area contributed by atoms with E-state index in [2.05, 4.69) is 32.8 Å². The van der Waals surface area contributed by atoms with Crippen molar-refractivity contribution in [3.63, 3.8) is 0 Å². The Morgan fingerprint density at radius 3 is 2.42 bits per heavy atom. The zero-order valence-corrected chi connectivity index (χ0v) is 21.0. The molecule has 4 unspecified atom stereocenters. The van der Waals surface area contributed by atoms with Crippen molar-refractivity contribution in [1.29, 1.82) is 0 Å². The quantitative estimate of drug-likeness (QED) is 0.185. The van der Waals surface area contributed by atoms with Crippen molar-refractivity contribution in [2.75, 3.05) is 20.1 Å². The summed E-state index contributed by atoms with van der Waals surface area (Å²) in [6.07, 6.45) is 6.87. The Balaban J connectivity index is 0.00000259. The lowest BCUT2D eigenvalue weighted by atomic mass is 9.85. The lowest BCUT2D eigenvalue weighted by molar-refractivity contribution is -0.140. The monoisotopic (exact) mass is 561 g/mol. The molecule has 3 aliphatic rings. The Bertz CT molecular complexity index is 1060. The zero-order valence-electron chi connectivity index (χ0n) is 18.7. The third-order valence-electron chi connectivity index (χ3n) is 6.71. The van der Waals surface area contributed by atoms with Crippen molar-refractivity contribution in [2.45, 2.75) is 19.9 Å². The van der Waals surface area contributed by atoms with Gasteiger partial charge in [0.2, 0.25) is 17.7 Å². The minimum Gasteiger partial charge on any atom is -0.439 e. The van der Waals surface area contributed by atoms with Gasteiger partial charge in [0.15, 0.2) is 11.7 Å². The van der Waals surface area contributed by atoms with Gasteiger partial charge in [-0.15, -0.1) is 24.0 Å². The van der Waals surface area contributed by atoms with Crippen LogP contribution in [0.2, 0.25) is 0 Å². The van der Waals surface area contributed by atoms with E-state index in [1.807, 2.05) is 31.2 Å². The number of aryl methyl sites for hydroxylation is 1. The van der Waals surface area contributed by atoms with Gasteiger partial charge in [0.05, 0.1) is 24.6 Å². The van der Waals surface area contributed by atoms with Gasteiger partial charge < -0.3 is 15.1 Å². The maximum atomic E-state index is 12.8. The molecule has 4 atom stereocenters. The molecule has 2 fully saturated rings. The molecule has 0 spiro atoms. The lowest BCUT2D eigenvalue weighted by Gasteiger charge is -2.18. The Kier molecular flexibility index (Phi) is 6.87. The number of fused-ring (bicyclic) bond motifs is 5. The fourth-order valence-corrected chi connectivity index (χ4v) is 5.09. The Hall–Kier alpha value is -2.69. The number of hydrogen-bond donors (Lipinski definition) is 2. The predicted molar refractivity (Wildman–Crippen MR) is 135 cm³/mol. The number of oxazole rings is 1. The molecular formula is C24H28IN5O3. The number of allylic oxidation sites excluding steroid dienone is 2. The number of guanidine groups is 1. The molecule has 2 amide bonds. The van der Waals surface area contributed by atoms with Gasteiger partial charge in [0, 0.05) is 25.7 Å². The second-order valence-corrected chi connectivity index (χ2v) is 8.66. The Morgan fingerprint density at radius 1 is 1.12 bits per heavy atom. The molecule has 2 aromatic rings. The van der Waals surface area contributed by atoms with Crippen LogP contribution in [-0.4, -0.2) is 47.8 Å². The highest BCUT2D eigenvalue weighted by Gasteiger charge is 2.58. The van der Waals surface area contributed by atoms with Crippen molar-refractivity contribution in [1.82, 2.24) is 20.5 Å². The lowest BCUT2D eigenvalue weighted by Crippen LogP contribution is -2.43. The van der Waals surface area contributed by atoms with Gasteiger partial charge in [-0.3, -0.25) is 19.5 Å². The molecule has 0 radical (unpaired) electrons. The summed E-state index contributed by atoms with van der Waals surface area (Å²) in [6, 6.07) is 8.08. The number of carbonyl (C=O) groups excluding carboxylic acids is 2. The van der Waals surface area contributed by atoms with Crippen LogP contribution >= 0.6 is 24.0 Å². The number of rotatable bonds is 6. The van der Waals surface area contributed by atoms with E-state index in [0.717, 1.165) is 12.0 Å². The molecule has 5 rings (SSSR count). The minimum atomic E-state index is -0.150. The molecular weight excluding hydrogens is 533 g/mol. The number of likely N-dealkylation sites (tertiary alicyclic amines) is 1. The van der Waals surface area contributed by atoms with Crippen LogP contribution < -0.4 is 10.6 Å². The molecule has 1 saturated heterocycles. The summed E-state index contributed by atoms with van der Waals surface area (Å²) in [7, 11) is 1.67. The number of halogens is 1. The van der Waals surface area contributed by atoms with Gasteiger partial charge in [-0.25, -0.2) is 4.98 Å². The van der Waals surface area contributed by atoms with Gasteiger partial charge in [-0.05, 0) is 25.2 Å². The first-order chi connectivity index (χ1) is 15.5. The second kappa shape index (κ2) is 9.66. The first-order valence-electron chi connectivity index (χ1n) is 11.0. The number of benzene rings is 1. The highest BCUT2D eigenvalue weighted by molar-refractivity contribution is 14.0. The van der Waals surface area contributed by atoms with Crippen LogP contribution in [0.1, 0.15) is 17.9 Å². The maximum Gasteiger partial charge on any atom is 0.233 e.